The Hall–Kier alpha value is -2.92. The molecular formula is C21H22F2N4O2. The number of amides is 1. The van der Waals surface area contributed by atoms with Crippen molar-refractivity contribution in [1.82, 2.24) is 15.1 Å². The molecule has 6 nitrogen and oxygen atoms in total. The first-order valence-electron chi connectivity index (χ1n) is 9.57. The van der Waals surface area contributed by atoms with E-state index in [9.17, 15) is 18.7 Å². The molecule has 0 bridgehead atoms. The fraction of sp³-hybridized carbons (Fsp3) is 0.429. The lowest BCUT2D eigenvalue weighted by atomic mass is 9.86. The molecule has 0 spiro atoms. The Morgan fingerprint density at radius 3 is 2.76 bits per heavy atom. The molecule has 1 aromatic carbocycles. The van der Waals surface area contributed by atoms with Gasteiger partial charge in [-0.1, -0.05) is 6.07 Å². The lowest BCUT2D eigenvalue weighted by Crippen LogP contribution is -2.41. The third-order valence-electron chi connectivity index (χ3n) is 5.11. The van der Waals surface area contributed by atoms with Crippen LogP contribution in [0, 0.1) is 23.0 Å². The molecule has 1 heterocycles. The highest BCUT2D eigenvalue weighted by Gasteiger charge is 2.28. The number of aromatic nitrogens is 2. The lowest BCUT2D eigenvalue weighted by Gasteiger charge is -2.31. The predicted octanol–water partition coefficient (Wildman–Crippen LogP) is 2.96. The summed E-state index contributed by atoms with van der Waals surface area (Å²) in [6.45, 7) is 1.92. The van der Waals surface area contributed by atoms with Crippen molar-refractivity contribution in [3.05, 3.63) is 47.2 Å². The number of benzene rings is 1. The standard InChI is InChI=1S/C21H22F2N4O2/c1-13(28)21(29)27(10-4-9-24)12-15-6-2-5-14-11-18(25-26-20(14)15)19-16(22)7-3-8-17(19)23/h3,7-8,11,13,15,28H,2,4-6,10,12H2,1H3/t13-,15?/m0/s1. The van der Waals surface area contributed by atoms with Gasteiger partial charge in [-0.05, 0) is 49.9 Å². The van der Waals surface area contributed by atoms with Crippen LogP contribution in [0.3, 0.4) is 0 Å². The summed E-state index contributed by atoms with van der Waals surface area (Å²) in [5.41, 5.74) is 1.47. The van der Waals surface area contributed by atoms with Gasteiger partial charge in [0.1, 0.15) is 17.7 Å². The summed E-state index contributed by atoms with van der Waals surface area (Å²) < 4.78 is 28.2. The second kappa shape index (κ2) is 9.05. The monoisotopic (exact) mass is 400 g/mol. The molecule has 1 N–H and O–H groups in total. The van der Waals surface area contributed by atoms with Crippen molar-refractivity contribution >= 4 is 5.91 Å². The van der Waals surface area contributed by atoms with Crippen LogP contribution < -0.4 is 0 Å². The molecule has 1 aliphatic rings. The minimum atomic E-state index is -1.16. The van der Waals surface area contributed by atoms with Crippen LogP contribution in [0.25, 0.3) is 11.3 Å². The van der Waals surface area contributed by atoms with E-state index in [-0.39, 0.29) is 30.1 Å². The highest BCUT2D eigenvalue weighted by Crippen LogP contribution is 2.33. The van der Waals surface area contributed by atoms with Crippen molar-refractivity contribution in [2.75, 3.05) is 13.1 Å². The van der Waals surface area contributed by atoms with Crippen molar-refractivity contribution in [3.8, 4) is 17.3 Å². The Morgan fingerprint density at radius 1 is 1.38 bits per heavy atom. The number of aliphatic hydroxyl groups is 1. The van der Waals surface area contributed by atoms with Crippen LogP contribution in [0.2, 0.25) is 0 Å². The Bertz CT molecular complexity index is 923. The fourth-order valence-corrected chi connectivity index (χ4v) is 3.71. The number of nitriles is 1. The molecular weight excluding hydrogens is 378 g/mol. The fourth-order valence-electron chi connectivity index (χ4n) is 3.71. The zero-order chi connectivity index (χ0) is 21.0. The Balaban J connectivity index is 1.89. The molecule has 0 saturated heterocycles. The van der Waals surface area contributed by atoms with E-state index in [1.807, 2.05) is 6.07 Å². The number of carbonyl (C=O) groups excluding carboxylic acids is 1. The second-order valence-electron chi connectivity index (χ2n) is 7.19. The number of hydrogen-bond acceptors (Lipinski definition) is 5. The molecule has 2 aromatic rings. The molecule has 0 radical (unpaired) electrons. The van der Waals surface area contributed by atoms with Crippen LogP contribution in [-0.4, -0.2) is 45.3 Å². The van der Waals surface area contributed by atoms with E-state index < -0.39 is 23.6 Å². The molecule has 0 saturated carbocycles. The second-order valence-corrected chi connectivity index (χ2v) is 7.19. The maximum absolute atomic E-state index is 14.1. The highest BCUT2D eigenvalue weighted by atomic mass is 19.1. The number of aliphatic hydroxyl groups excluding tert-OH is 1. The van der Waals surface area contributed by atoms with Gasteiger partial charge in [0.25, 0.3) is 5.91 Å². The number of halogens is 2. The SMILES string of the molecule is C[C@H](O)C(=O)N(CCC#N)CC1CCCc2cc(-c3c(F)cccc3F)nnc21. The molecule has 3 rings (SSSR count). The minimum Gasteiger partial charge on any atom is -0.384 e. The van der Waals surface area contributed by atoms with Crippen molar-refractivity contribution in [1.29, 1.82) is 5.26 Å². The van der Waals surface area contributed by atoms with Gasteiger partial charge in [0.15, 0.2) is 0 Å². The van der Waals surface area contributed by atoms with E-state index in [0.29, 0.717) is 18.7 Å². The molecule has 2 atom stereocenters. The number of aryl methyl sites for hydroxylation is 1. The van der Waals surface area contributed by atoms with E-state index in [2.05, 4.69) is 10.2 Å². The maximum Gasteiger partial charge on any atom is 0.251 e. The zero-order valence-corrected chi connectivity index (χ0v) is 16.1. The van der Waals surface area contributed by atoms with E-state index >= 15 is 0 Å². The Kier molecular flexibility index (Phi) is 6.49. The van der Waals surface area contributed by atoms with Crippen LogP contribution in [-0.2, 0) is 11.2 Å². The zero-order valence-electron chi connectivity index (χ0n) is 16.1. The van der Waals surface area contributed by atoms with Gasteiger partial charge < -0.3 is 10.0 Å². The average Bonchev–Trinajstić information content (AvgIpc) is 2.70. The van der Waals surface area contributed by atoms with Crippen LogP contribution in [0.5, 0.6) is 0 Å². The normalized spacial score (nSPS) is 16.6. The third-order valence-corrected chi connectivity index (χ3v) is 5.11. The number of nitrogens with zero attached hydrogens (tertiary/aromatic N) is 4. The maximum atomic E-state index is 14.1. The molecule has 1 aliphatic carbocycles. The van der Waals surface area contributed by atoms with Crippen molar-refractivity contribution in [3.63, 3.8) is 0 Å². The molecule has 1 unspecified atom stereocenters. The van der Waals surface area contributed by atoms with Gasteiger partial charge in [-0.2, -0.15) is 15.5 Å². The van der Waals surface area contributed by atoms with E-state index in [1.165, 1.54) is 30.0 Å². The number of fused-ring (bicyclic) bond motifs is 1. The van der Waals surface area contributed by atoms with Gasteiger partial charge in [-0.3, -0.25) is 4.79 Å². The third kappa shape index (κ3) is 4.57. The van der Waals surface area contributed by atoms with Crippen LogP contribution in [0.4, 0.5) is 8.78 Å². The largest absolute Gasteiger partial charge is 0.384 e. The smallest absolute Gasteiger partial charge is 0.251 e. The molecule has 1 amide bonds. The quantitative estimate of drug-likeness (QED) is 0.805. The molecule has 29 heavy (non-hydrogen) atoms. The van der Waals surface area contributed by atoms with E-state index in [0.717, 1.165) is 18.4 Å². The highest BCUT2D eigenvalue weighted by molar-refractivity contribution is 5.80. The first-order chi connectivity index (χ1) is 13.9. The molecule has 1 aromatic heterocycles. The summed E-state index contributed by atoms with van der Waals surface area (Å²) in [5.74, 6) is -1.95. The lowest BCUT2D eigenvalue weighted by molar-refractivity contribution is -0.139. The van der Waals surface area contributed by atoms with Crippen LogP contribution >= 0.6 is 0 Å². The molecule has 8 heteroatoms. The average molecular weight is 400 g/mol. The van der Waals surface area contributed by atoms with Gasteiger partial charge >= 0.3 is 0 Å². The number of hydrogen-bond donors (Lipinski definition) is 1. The van der Waals surface area contributed by atoms with Crippen LogP contribution in [0.1, 0.15) is 43.4 Å². The van der Waals surface area contributed by atoms with Crippen molar-refractivity contribution in [2.24, 2.45) is 0 Å². The van der Waals surface area contributed by atoms with Gasteiger partial charge in [-0.15, -0.1) is 0 Å². The summed E-state index contributed by atoms with van der Waals surface area (Å²) in [5, 5.41) is 26.8. The summed E-state index contributed by atoms with van der Waals surface area (Å²) in [7, 11) is 0. The van der Waals surface area contributed by atoms with Gasteiger partial charge in [0.05, 0.1) is 29.4 Å². The predicted molar refractivity (Wildman–Crippen MR) is 102 cm³/mol. The number of carbonyl (C=O) groups is 1. The van der Waals surface area contributed by atoms with E-state index in [4.69, 9.17) is 5.26 Å². The molecule has 152 valence electrons. The Morgan fingerprint density at radius 2 is 2.10 bits per heavy atom. The first kappa shape index (κ1) is 20.8. The molecule has 0 aliphatic heterocycles. The summed E-state index contributed by atoms with van der Waals surface area (Å²) >= 11 is 0. The van der Waals surface area contributed by atoms with Crippen molar-refractivity contribution in [2.45, 2.75) is 44.6 Å². The van der Waals surface area contributed by atoms with Crippen molar-refractivity contribution < 1.29 is 18.7 Å². The first-order valence-corrected chi connectivity index (χ1v) is 9.57. The van der Waals surface area contributed by atoms with Crippen LogP contribution in [0.15, 0.2) is 24.3 Å². The topological polar surface area (TPSA) is 90.1 Å². The minimum absolute atomic E-state index is 0.118. The molecule has 0 fully saturated rings. The Labute approximate surface area is 167 Å². The van der Waals surface area contributed by atoms with Gasteiger partial charge in [0, 0.05) is 19.0 Å². The van der Waals surface area contributed by atoms with Gasteiger partial charge in [-0.25, -0.2) is 8.78 Å². The van der Waals surface area contributed by atoms with Gasteiger partial charge in [0.2, 0.25) is 0 Å². The van der Waals surface area contributed by atoms with E-state index in [1.54, 1.807) is 6.07 Å². The summed E-state index contributed by atoms with van der Waals surface area (Å²) in [4.78, 5) is 13.8. The summed E-state index contributed by atoms with van der Waals surface area (Å²) in [6.07, 6.45) is 1.31. The number of rotatable bonds is 6. The summed E-state index contributed by atoms with van der Waals surface area (Å²) in [6, 6.07) is 7.32.